The fourth-order valence-electron chi connectivity index (χ4n) is 1.39. The number of rotatable bonds is 5. The van der Waals surface area contributed by atoms with Crippen LogP contribution in [-0.2, 0) is 11.2 Å². The number of carbonyl (C=O) groups is 1. The summed E-state index contributed by atoms with van der Waals surface area (Å²) in [4.78, 5) is 10.9. The van der Waals surface area contributed by atoms with Crippen molar-refractivity contribution in [3.8, 4) is 0 Å². The minimum Gasteiger partial charge on any atom is -0.303 e. The maximum Gasteiger partial charge on any atom is 0.137 e. The van der Waals surface area contributed by atoms with Crippen LogP contribution in [0.3, 0.4) is 0 Å². The standard InChI is InChI=1S/C12H13FOS/c13-11-8-9(2-1-7-14)3-6-12(11)15-10-4-5-10/h3,6-8,10H,1-2,4-5H2. The monoisotopic (exact) mass is 224 g/mol. The normalized spacial score (nSPS) is 15.3. The topological polar surface area (TPSA) is 17.1 Å². The Balaban J connectivity index is 2.03. The van der Waals surface area contributed by atoms with Crippen LogP contribution in [-0.4, -0.2) is 11.5 Å². The molecule has 1 aromatic rings. The first-order valence-electron chi connectivity index (χ1n) is 5.18. The molecular formula is C12H13FOS. The molecule has 1 saturated carbocycles. The third kappa shape index (κ3) is 3.06. The average molecular weight is 224 g/mol. The van der Waals surface area contributed by atoms with Crippen molar-refractivity contribution in [2.75, 3.05) is 0 Å². The second kappa shape index (κ2) is 4.79. The third-order valence-corrected chi connectivity index (χ3v) is 3.75. The summed E-state index contributed by atoms with van der Waals surface area (Å²) in [5, 5.41) is 0.625. The highest BCUT2D eigenvalue weighted by Crippen LogP contribution is 2.40. The summed E-state index contributed by atoms with van der Waals surface area (Å²) in [5.41, 5.74) is 0.903. The van der Waals surface area contributed by atoms with Gasteiger partial charge in [-0.1, -0.05) is 6.07 Å². The smallest absolute Gasteiger partial charge is 0.137 e. The van der Waals surface area contributed by atoms with E-state index in [1.165, 1.54) is 12.8 Å². The number of benzene rings is 1. The van der Waals surface area contributed by atoms with Gasteiger partial charge in [0.15, 0.2) is 0 Å². The van der Waals surface area contributed by atoms with Crippen molar-refractivity contribution in [2.45, 2.75) is 35.8 Å². The minimum atomic E-state index is -0.143. The molecule has 0 aliphatic heterocycles. The van der Waals surface area contributed by atoms with E-state index in [0.717, 1.165) is 16.7 Å². The Kier molecular flexibility index (Phi) is 3.41. The van der Waals surface area contributed by atoms with Gasteiger partial charge in [-0.05, 0) is 37.0 Å². The summed E-state index contributed by atoms with van der Waals surface area (Å²) in [6.45, 7) is 0. The molecule has 0 N–H and O–H groups in total. The number of thioether (sulfide) groups is 1. The fourth-order valence-corrected chi connectivity index (χ4v) is 2.44. The predicted octanol–water partition coefficient (Wildman–Crippen LogP) is 3.21. The van der Waals surface area contributed by atoms with Crippen LogP contribution in [0.15, 0.2) is 23.1 Å². The molecule has 1 fully saturated rings. The maximum atomic E-state index is 13.6. The van der Waals surface area contributed by atoms with Gasteiger partial charge in [-0.15, -0.1) is 11.8 Å². The molecule has 0 unspecified atom stereocenters. The van der Waals surface area contributed by atoms with Gasteiger partial charge in [-0.25, -0.2) is 4.39 Å². The van der Waals surface area contributed by atoms with E-state index in [2.05, 4.69) is 0 Å². The van der Waals surface area contributed by atoms with E-state index in [1.54, 1.807) is 17.8 Å². The quantitative estimate of drug-likeness (QED) is 0.714. The van der Waals surface area contributed by atoms with Gasteiger partial charge < -0.3 is 4.79 Å². The van der Waals surface area contributed by atoms with Crippen molar-refractivity contribution >= 4 is 18.0 Å². The zero-order valence-electron chi connectivity index (χ0n) is 8.41. The van der Waals surface area contributed by atoms with Crippen LogP contribution in [0, 0.1) is 5.82 Å². The Hall–Kier alpha value is -0.830. The zero-order valence-corrected chi connectivity index (χ0v) is 9.23. The maximum absolute atomic E-state index is 13.6. The van der Waals surface area contributed by atoms with Crippen molar-refractivity contribution in [1.82, 2.24) is 0 Å². The third-order valence-electron chi connectivity index (χ3n) is 2.37. The van der Waals surface area contributed by atoms with Gasteiger partial charge >= 0.3 is 0 Å². The molecule has 0 saturated heterocycles. The number of carbonyl (C=O) groups excluding carboxylic acids is 1. The first kappa shape index (κ1) is 10.7. The fraction of sp³-hybridized carbons (Fsp3) is 0.417. The summed E-state index contributed by atoms with van der Waals surface area (Å²) >= 11 is 1.62. The van der Waals surface area contributed by atoms with E-state index in [9.17, 15) is 9.18 Å². The average Bonchev–Trinajstić information content (AvgIpc) is 3.02. The molecular weight excluding hydrogens is 211 g/mol. The molecule has 0 radical (unpaired) electrons. The van der Waals surface area contributed by atoms with Gasteiger partial charge in [-0.3, -0.25) is 0 Å². The zero-order chi connectivity index (χ0) is 10.7. The highest BCUT2D eigenvalue weighted by atomic mass is 32.2. The first-order chi connectivity index (χ1) is 7.29. The molecule has 15 heavy (non-hydrogen) atoms. The summed E-state index contributed by atoms with van der Waals surface area (Å²) in [6, 6.07) is 5.30. The van der Waals surface area contributed by atoms with Gasteiger partial charge in [0.2, 0.25) is 0 Å². The molecule has 1 aliphatic rings. The van der Waals surface area contributed by atoms with E-state index in [-0.39, 0.29) is 5.82 Å². The van der Waals surface area contributed by atoms with Crippen LogP contribution in [0.4, 0.5) is 4.39 Å². The number of aryl methyl sites for hydroxylation is 1. The largest absolute Gasteiger partial charge is 0.303 e. The Morgan fingerprint density at radius 1 is 1.47 bits per heavy atom. The van der Waals surface area contributed by atoms with E-state index < -0.39 is 0 Å². The molecule has 1 aromatic carbocycles. The summed E-state index contributed by atoms with van der Waals surface area (Å²) in [5.74, 6) is -0.143. The van der Waals surface area contributed by atoms with Gasteiger partial charge in [-0.2, -0.15) is 0 Å². The molecule has 0 spiro atoms. The Morgan fingerprint density at radius 3 is 2.87 bits per heavy atom. The van der Waals surface area contributed by atoms with Crippen molar-refractivity contribution in [3.63, 3.8) is 0 Å². The predicted molar refractivity (Wildman–Crippen MR) is 59.7 cm³/mol. The Morgan fingerprint density at radius 2 is 2.27 bits per heavy atom. The number of hydrogen-bond acceptors (Lipinski definition) is 2. The van der Waals surface area contributed by atoms with Crippen LogP contribution < -0.4 is 0 Å². The second-order valence-electron chi connectivity index (χ2n) is 3.79. The van der Waals surface area contributed by atoms with E-state index in [0.29, 0.717) is 18.1 Å². The minimum absolute atomic E-state index is 0.143. The number of halogens is 1. The van der Waals surface area contributed by atoms with E-state index in [1.807, 2.05) is 12.1 Å². The van der Waals surface area contributed by atoms with E-state index in [4.69, 9.17) is 0 Å². The van der Waals surface area contributed by atoms with Crippen LogP contribution >= 0.6 is 11.8 Å². The van der Waals surface area contributed by atoms with Gasteiger partial charge in [0.1, 0.15) is 12.1 Å². The molecule has 1 aliphatic carbocycles. The summed E-state index contributed by atoms with van der Waals surface area (Å²) in [6.07, 6.45) is 4.38. The van der Waals surface area contributed by atoms with Crippen molar-refractivity contribution < 1.29 is 9.18 Å². The Labute approximate surface area is 93.1 Å². The van der Waals surface area contributed by atoms with Crippen LogP contribution in [0.5, 0.6) is 0 Å². The molecule has 2 rings (SSSR count). The van der Waals surface area contributed by atoms with Gasteiger partial charge in [0.25, 0.3) is 0 Å². The lowest BCUT2D eigenvalue weighted by atomic mass is 10.1. The van der Waals surface area contributed by atoms with Crippen LogP contribution in [0.25, 0.3) is 0 Å². The highest BCUT2D eigenvalue weighted by Gasteiger charge is 2.23. The molecule has 0 amide bonds. The Bertz CT molecular complexity index is 361. The molecule has 0 heterocycles. The van der Waals surface area contributed by atoms with Crippen molar-refractivity contribution in [2.24, 2.45) is 0 Å². The highest BCUT2D eigenvalue weighted by molar-refractivity contribution is 8.00. The molecule has 0 bridgehead atoms. The lowest BCUT2D eigenvalue weighted by Crippen LogP contribution is -1.90. The van der Waals surface area contributed by atoms with Gasteiger partial charge in [0, 0.05) is 16.6 Å². The lowest BCUT2D eigenvalue weighted by Gasteiger charge is -2.04. The lowest BCUT2D eigenvalue weighted by molar-refractivity contribution is -0.107. The summed E-state index contributed by atoms with van der Waals surface area (Å²) < 4.78 is 13.6. The van der Waals surface area contributed by atoms with E-state index >= 15 is 0 Å². The molecule has 80 valence electrons. The van der Waals surface area contributed by atoms with Crippen molar-refractivity contribution in [1.29, 1.82) is 0 Å². The second-order valence-corrected chi connectivity index (χ2v) is 5.13. The SMILES string of the molecule is O=CCCc1ccc(SC2CC2)c(F)c1. The molecule has 0 aromatic heterocycles. The first-order valence-corrected chi connectivity index (χ1v) is 6.06. The molecule has 1 nitrogen and oxygen atoms in total. The number of aldehydes is 1. The van der Waals surface area contributed by atoms with Gasteiger partial charge in [0.05, 0.1) is 0 Å². The molecule has 0 atom stereocenters. The van der Waals surface area contributed by atoms with Crippen LogP contribution in [0.2, 0.25) is 0 Å². The molecule has 3 heteroatoms. The summed E-state index contributed by atoms with van der Waals surface area (Å²) in [7, 11) is 0. The van der Waals surface area contributed by atoms with Crippen LogP contribution in [0.1, 0.15) is 24.8 Å². The van der Waals surface area contributed by atoms with Crippen molar-refractivity contribution in [3.05, 3.63) is 29.6 Å². The number of hydrogen-bond donors (Lipinski definition) is 0.